The van der Waals surface area contributed by atoms with E-state index in [1.54, 1.807) is 33.3 Å². The van der Waals surface area contributed by atoms with Crippen LogP contribution in [0, 0.1) is 39.2 Å². The molecule has 7 rings (SSSR count). The highest BCUT2D eigenvalue weighted by atomic mass is 16.7. The molecule has 7 aliphatic rings. The molecule has 0 aromatic carbocycles. The van der Waals surface area contributed by atoms with Gasteiger partial charge in [-0.05, 0) is 69.2 Å². The number of aliphatic hydroxyl groups excluding tert-OH is 1. The van der Waals surface area contributed by atoms with Crippen molar-refractivity contribution in [3.8, 4) is 0 Å². The maximum Gasteiger partial charge on any atom is 0.316 e. The highest BCUT2D eigenvalue weighted by molar-refractivity contribution is 5.78. The van der Waals surface area contributed by atoms with Gasteiger partial charge in [-0.3, -0.25) is 14.9 Å². The van der Waals surface area contributed by atoms with Crippen LogP contribution in [0.4, 0.5) is 0 Å². The molecule has 0 radical (unpaired) electrons. The van der Waals surface area contributed by atoms with Crippen LogP contribution in [0.25, 0.3) is 0 Å². The molecule has 2 bridgehead atoms. The summed E-state index contributed by atoms with van der Waals surface area (Å²) in [5, 5.41) is 35.5. The molecular weight excluding hydrogens is 867 g/mol. The van der Waals surface area contributed by atoms with Crippen LogP contribution in [0.2, 0.25) is 0 Å². The van der Waals surface area contributed by atoms with Crippen LogP contribution in [-0.2, 0) is 52.2 Å². The van der Waals surface area contributed by atoms with Crippen molar-refractivity contribution in [3.05, 3.63) is 69.4 Å². The van der Waals surface area contributed by atoms with E-state index in [1.807, 2.05) is 52.8 Å². The number of allylic oxidation sites excluding steroid dienone is 2. The van der Waals surface area contributed by atoms with Crippen molar-refractivity contribution in [2.24, 2.45) is 29.1 Å². The van der Waals surface area contributed by atoms with Crippen molar-refractivity contribution < 1.29 is 67.3 Å². The summed E-state index contributed by atoms with van der Waals surface area (Å²) in [6.07, 6.45) is 9.06. The smallest absolute Gasteiger partial charge is 0.316 e. The zero-order chi connectivity index (χ0) is 48.6. The SMILES string of the molecule is CCC(C)[C@H]1O[C@]2(C=C[C@@H]1C)C[C@@H]1C[C@@H](C/C=C(\C)[C@@H](OC3C[C@H](OC)[C@@H](OC4C[C@H](OC)[C@@](CC)(C[N+](=O)[O-])[C@H](C)O4)[C@H](C)O3)C(C)/C=C/C=C3\CO[C@@H]4[C@H](O)C(C)=C[C@@H](C(=O)O1)[C@]34O)O2. The Morgan fingerprint density at radius 2 is 1.70 bits per heavy atom. The van der Waals surface area contributed by atoms with Gasteiger partial charge in [0.2, 0.25) is 6.54 Å². The van der Waals surface area contributed by atoms with Crippen LogP contribution >= 0.6 is 0 Å². The number of methoxy groups -OCH3 is 2. The maximum absolute atomic E-state index is 14.4. The van der Waals surface area contributed by atoms with Gasteiger partial charge in [-0.15, -0.1) is 0 Å². The molecule has 2 N–H and O–H groups in total. The summed E-state index contributed by atoms with van der Waals surface area (Å²) in [6.45, 7) is 17.7. The Morgan fingerprint density at radius 1 is 0.955 bits per heavy atom. The van der Waals surface area contributed by atoms with Crippen LogP contribution in [-0.4, -0.2) is 140 Å². The Hall–Kier alpha value is -2.87. The van der Waals surface area contributed by atoms with E-state index in [0.29, 0.717) is 43.3 Å². The van der Waals surface area contributed by atoms with Gasteiger partial charge in [0.1, 0.15) is 35.9 Å². The molecule has 0 aromatic heterocycles. The number of nitro groups is 1. The molecule has 4 unspecified atom stereocenters. The van der Waals surface area contributed by atoms with E-state index < -0.39 is 102 Å². The van der Waals surface area contributed by atoms with E-state index in [9.17, 15) is 25.1 Å². The molecule has 0 amide bonds. The first kappa shape index (κ1) is 52.0. The summed E-state index contributed by atoms with van der Waals surface area (Å²) in [5.74, 6) is -2.67. The molecule has 1 spiro atoms. The second kappa shape index (κ2) is 21.2. The number of esters is 1. The van der Waals surface area contributed by atoms with Gasteiger partial charge in [-0.2, -0.15) is 0 Å². The molecule has 16 nitrogen and oxygen atoms in total. The lowest BCUT2D eigenvalue weighted by Crippen LogP contribution is -2.59. The van der Waals surface area contributed by atoms with E-state index in [2.05, 4.69) is 32.9 Å². The van der Waals surface area contributed by atoms with Gasteiger partial charge in [0.05, 0.1) is 54.7 Å². The Bertz CT molecular complexity index is 1920. The molecule has 20 atom stereocenters. The van der Waals surface area contributed by atoms with Crippen LogP contribution < -0.4 is 0 Å². The number of hydrogen-bond donors (Lipinski definition) is 2. The second-order valence-corrected chi connectivity index (χ2v) is 20.4. The van der Waals surface area contributed by atoms with Gasteiger partial charge in [-0.25, -0.2) is 0 Å². The summed E-state index contributed by atoms with van der Waals surface area (Å²) in [7, 11) is 3.20. The van der Waals surface area contributed by atoms with E-state index >= 15 is 0 Å². The predicted molar refractivity (Wildman–Crippen MR) is 246 cm³/mol. The van der Waals surface area contributed by atoms with Crippen LogP contribution in [0.3, 0.4) is 0 Å². The number of aliphatic hydroxyl groups is 2. The molecule has 0 saturated carbocycles. The van der Waals surface area contributed by atoms with Gasteiger partial charge < -0.3 is 57.6 Å². The topological polar surface area (TPSA) is 193 Å². The molecule has 16 heteroatoms. The molecule has 376 valence electrons. The minimum Gasteiger partial charge on any atom is -0.462 e. The van der Waals surface area contributed by atoms with Crippen molar-refractivity contribution in [2.75, 3.05) is 27.4 Å². The van der Waals surface area contributed by atoms with Crippen LogP contribution in [0.5, 0.6) is 0 Å². The highest BCUT2D eigenvalue weighted by Crippen LogP contribution is 2.48. The predicted octanol–water partition coefficient (Wildman–Crippen LogP) is 6.69. The Morgan fingerprint density at radius 3 is 2.39 bits per heavy atom. The first-order valence-corrected chi connectivity index (χ1v) is 24.6. The van der Waals surface area contributed by atoms with Crippen molar-refractivity contribution in [3.63, 3.8) is 0 Å². The number of fused-ring (bicyclic) bond motifs is 2. The van der Waals surface area contributed by atoms with Gasteiger partial charge in [0, 0.05) is 56.7 Å². The van der Waals surface area contributed by atoms with Crippen molar-refractivity contribution in [1.82, 2.24) is 0 Å². The number of carbonyl (C=O) groups excluding carboxylic acids is 1. The summed E-state index contributed by atoms with van der Waals surface area (Å²) in [6, 6.07) is 0. The number of carbonyl (C=O) groups is 1. The molecule has 4 saturated heterocycles. The van der Waals surface area contributed by atoms with Gasteiger partial charge in [-0.1, -0.05) is 77.5 Å². The Kier molecular flexibility index (Phi) is 16.5. The highest BCUT2D eigenvalue weighted by Gasteiger charge is 2.60. The van der Waals surface area contributed by atoms with Crippen molar-refractivity contribution >= 4 is 5.97 Å². The third-order valence-corrected chi connectivity index (χ3v) is 16.1. The lowest BCUT2D eigenvalue weighted by atomic mass is 9.71. The van der Waals surface area contributed by atoms with Crippen LogP contribution in [0.1, 0.15) is 107 Å². The molecule has 6 aliphatic heterocycles. The third-order valence-electron chi connectivity index (χ3n) is 16.1. The lowest BCUT2D eigenvalue weighted by Gasteiger charge is -2.49. The normalized spacial score (nSPS) is 47.4. The molecule has 67 heavy (non-hydrogen) atoms. The minimum atomic E-state index is -1.86. The quantitative estimate of drug-likeness (QED) is 0.0963. The van der Waals surface area contributed by atoms with Gasteiger partial charge in [0.15, 0.2) is 18.4 Å². The second-order valence-electron chi connectivity index (χ2n) is 20.4. The fourth-order valence-electron chi connectivity index (χ4n) is 11.8. The Balaban J connectivity index is 1.16. The zero-order valence-corrected chi connectivity index (χ0v) is 41.4. The Labute approximate surface area is 396 Å². The minimum absolute atomic E-state index is 0.0156. The first-order valence-electron chi connectivity index (χ1n) is 24.6. The molecule has 1 aliphatic carbocycles. The zero-order valence-electron chi connectivity index (χ0n) is 41.4. The average molecular weight is 944 g/mol. The van der Waals surface area contributed by atoms with E-state index in [1.165, 1.54) is 0 Å². The van der Waals surface area contributed by atoms with Crippen molar-refractivity contribution in [1.29, 1.82) is 0 Å². The largest absolute Gasteiger partial charge is 0.462 e. The summed E-state index contributed by atoms with van der Waals surface area (Å²) in [5.41, 5.74) is -0.737. The fourth-order valence-corrected chi connectivity index (χ4v) is 11.8. The van der Waals surface area contributed by atoms with E-state index in [0.717, 1.165) is 12.0 Å². The molecule has 4 fully saturated rings. The monoisotopic (exact) mass is 944 g/mol. The van der Waals surface area contributed by atoms with Gasteiger partial charge in [0.25, 0.3) is 0 Å². The van der Waals surface area contributed by atoms with Crippen molar-refractivity contribution in [2.45, 2.75) is 198 Å². The lowest BCUT2D eigenvalue weighted by molar-refractivity contribution is -0.510. The number of rotatable bonds is 11. The number of nitrogens with zero attached hydrogens (tertiary/aromatic N) is 1. The maximum atomic E-state index is 14.4. The van der Waals surface area contributed by atoms with E-state index in [-0.39, 0.29) is 48.4 Å². The fraction of sp³-hybridized carbons (Fsp3) is 0.784. The van der Waals surface area contributed by atoms with Gasteiger partial charge >= 0.3 is 5.97 Å². The van der Waals surface area contributed by atoms with Crippen LogP contribution in [0.15, 0.2) is 59.3 Å². The third kappa shape index (κ3) is 10.5. The summed E-state index contributed by atoms with van der Waals surface area (Å²) >= 11 is 0. The van der Waals surface area contributed by atoms with E-state index in [4.69, 9.17) is 47.4 Å². The summed E-state index contributed by atoms with van der Waals surface area (Å²) < 4.78 is 64.7. The first-order chi connectivity index (χ1) is 31.8. The molecule has 6 heterocycles. The molecule has 0 aromatic rings. The standard InChI is InChI=1S/C51H77NO15/c1-12-28(3)45-31(6)19-20-50(67-45)25-37-22-36(66-50)18-17-30(5)44(29(4)15-14-16-35-26-60-47-43(53)32(7)21-38(48(54)63-37)51(35,47)55)64-41-23-39(58-10)46(33(8)61-41)65-42-24-40(59-11)49(13-2,27-52(56)57)34(9)62-42/h14-17,19-21,28-29,31,33-34,36-47,53,55H,12-13,18,22-27H2,1-11H3/b15-14+,30-17+,35-16+/t28?,29?,31-,33-,34-,36+,37-,38-,39-,40-,41?,42?,43+,44-,45+,46-,47+,49-,50+,51+/m0/s1. The number of ether oxygens (including phenoxy) is 10. The average Bonchev–Trinajstić information content (AvgIpc) is 3.63. The molecular formula is C51H77NO15. The summed E-state index contributed by atoms with van der Waals surface area (Å²) in [4.78, 5) is 25.8. The number of hydrogen-bond acceptors (Lipinski definition) is 15.